The fraction of sp³-hybridized carbons (Fsp3) is 0.125. The fourth-order valence-electron chi connectivity index (χ4n) is 3.44. The molecule has 0 saturated heterocycles. The minimum absolute atomic E-state index is 0.187. The zero-order valence-corrected chi connectivity index (χ0v) is 20.7. The number of benzene rings is 3. The molecule has 4 rings (SSSR count). The van der Waals surface area contributed by atoms with E-state index in [1.54, 1.807) is 43.3 Å². The molecule has 164 valence electrons. The predicted molar refractivity (Wildman–Crippen MR) is 135 cm³/mol. The second-order valence-electron chi connectivity index (χ2n) is 7.28. The maximum atomic E-state index is 13.2. The molecule has 1 N–H and O–H groups in total. The van der Waals surface area contributed by atoms with Gasteiger partial charge >= 0.3 is 0 Å². The highest BCUT2D eigenvalue weighted by Gasteiger charge is 2.24. The number of sulfonamides is 1. The van der Waals surface area contributed by atoms with Crippen LogP contribution in [-0.2, 0) is 10.0 Å². The molecule has 0 aliphatic rings. The maximum Gasteiger partial charge on any atom is 0.265 e. The van der Waals surface area contributed by atoms with Crippen molar-refractivity contribution in [3.05, 3.63) is 87.7 Å². The first-order chi connectivity index (χ1) is 15.3. The molecule has 8 heteroatoms. The number of halogens is 1. The number of anilines is 2. The summed E-state index contributed by atoms with van der Waals surface area (Å²) in [5.41, 5.74) is 2.37. The van der Waals surface area contributed by atoms with E-state index >= 15 is 0 Å². The van der Waals surface area contributed by atoms with Crippen LogP contribution in [0.2, 0.25) is 0 Å². The average molecular weight is 529 g/mol. The molecule has 0 unspecified atom stereocenters. The normalized spacial score (nSPS) is 11.5. The Morgan fingerprint density at radius 3 is 2.47 bits per heavy atom. The molecular weight excluding hydrogens is 508 g/mol. The summed E-state index contributed by atoms with van der Waals surface area (Å²) in [6, 6.07) is 21.5. The van der Waals surface area contributed by atoms with Gasteiger partial charge in [-0.25, -0.2) is 8.42 Å². The second kappa shape index (κ2) is 9.05. The summed E-state index contributed by atoms with van der Waals surface area (Å²) in [4.78, 5) is 13.5. The zero-order valence-electron chi connectivity index (χ0n) is 17.5. The van der Waals surface area contributed by atoms with Gasteiger partial charge in [0.1, 0.15) is 0 Å². The molecule has 3 aromatic carbocycles. The molecule has 0 spiro atoms. The number of carbonyl (C=O) groups excluding carboxylic acids is 1. The molecule has 0 bridgehead atoms. The van der Waals surface area contributed by atoms with Crippen molar-refractivity contribution in [3.63, 3.8) is 0 Å². The zero-order chi connectivity index (χ0) is 22.9. The van der Waals surface area contributed by atoms with E-state index in [1.165, 1.54) is 15.6 Å². The number of aryl methyl sites for hydroxylation is 1. The van der Waals surface area contributed by atoms with Crippen LogP contribution in [0.25, 0.3) is 10.1 Å². The van der Waals surface area contributed by atoms with Gasteiger partial charge in [-0.1, -0.05) is 28.1 Å². The highest BCUT2D eigenvalue weighted by Crippen LogP contribution is 2.32. The number of nitrogens with zero attached hydrogens (tertiary/aromatic N) is 1. The van der Waals surface area contributed by atoms with Crippen molar-refractivity contribution in [2.24, 2.45) is 0 Å². The Morgan fingerprint density at radius 2 is 1.78 bits per heavy atom. The van der Waals surface area contributed by atoms with Crippen molar-refractivity contribution in [1.29, 1.82) is 0 Å². The summed E-state index contributed by atoms with van der Waals surface area (Å²) in [6.45, 7) is 4.06. The van der Waals surface area contributed by atoms with Crippen LogP contribution in [0.1, 0.15) is 22.2 Å². The Hall–Kier alpha value is -2.68. The summed E-state index contributed by atoms with van der Waals surface area (Å²) in [7, 11) is -3.71. The maximum absolute atomic E-state index is 13.2. The minimum Gasteiger partial charge on any atom is -0.321 e. The van der Waals surface area contributed by atoms with Gasteiger partial charge in [0.25, 0.3) is 15.9 Å². The molecule has 0 fully saturated rings. The van der Waals surface area contributed by atoms with E-state index in [0.29, 0.717) is 10.6 Å². The van der Waals surface area contributed by atoms with Gasteiger partial charge in [0.2, 0.25) is 0 Å². The molecule has 32 heavy (non-hydrogen) atoms. The number of rotatable bonds is 6. The number of thiophene rings is 1. The van der Waals surface area contributed by atoms with Gasteiger partial charge in [-0.3, -0.25) is 9.10 Å². The number of hydrogen-bond acceptors (Lipinski definition) is 4. The Morgan fingerprint density at radius 1 is 1.03 bits per heavy atom. The number of amides is 1. The highest BCUT2D eigenvalue weighted by atomic mass is 79.9. The van der Waals surface area contributed by atoms with Crippen LogP contribution in [0.3, 0.4) is 0 Å². The first kappa shape index (κ1) is 22.5. The number of nitrogens with one attached hydrogen (secondary N) is 1. The summed E-state index contributed by atoms with van der Waals surface area (Å²) in [6.07, 6.45) is 0. The van der Waals surface area contributed by atoms with E-state index in [2.05, 4.69) is 21.2 Å². The predicted octanol–water partition coefficient (Wildman–Crippen LogP) is 6.44. The molecule has 1 heterocycles. The van der Waals surface area contributed by atoms with Crippen LogP contribution in [0, 0.1) is 6.92 Å². The third-order valence-corrected chi connectivity index (χ3v) is 8.54. The lowest BCUT2D eigenvalue weighted by Gasteiger charge is -2.23. The topological polar surface area (TPSA) is 66.5 Å². The van der Waals surface area contributed by atoms with Crippen LogP contribution < -0.4 is 9.62 Å². The van der Waals surface area contributed by atoms with E-state index in [-0.39, 0.29) is 17.3 Å². The third-order valence-electron chi connectivity index (χ3n) is 4.98. The first-order valence-electron chi connectivity index (χ1n) is 9.98. The molecule has 0 atom stereocenters. The smallest absolute Gasteiger partial charge is 0.265 e. The van der Waals surface area contributed by atoms with Crippen LogP contribution in [-0.4, -0.2) is 20.9 Å². The fourth-order valence-corrected chi connectivity index (χ4v) is 6.11. The van der Waals surface area contributed by atoms with Crippen molar-refractivity contribution < 1.29 is 13.2 Å². The van der Waals surface area contributed by atoms with Gasteiger partial charge in [0.05, 0.1) is 15.5 Å². The van der Waals surface area contributed by atoms with Crippen molar-refractivity contribution in [1.82, 2.24) is 0 Å². The number of carbonyl (C=O) groups is 1. The van der Waals surface area contributed by atoms with Gasteiger partial charge in [0, 0.05) is 21.4 Å². The van der Waals surface area contributed by atoms with Gasteiger partial charge in [-0.15, -0.1) is 11.3 Å². The van der Waals surface area contributed by atoms with Crippen LogP contribution in [0.15, 0.2) is 82.2 Å². The highest BCUT2D eigenvalue weighted by molar-refractivity contribution is 9.10. The average Bonchev–Trinajstić information content (AvgIpc) is 3.18. The van der Waals surface area contributed by atoms with Gasteiger partial charge in [-0.2, -0.15) is 0 Å². The Balaban J connectivity index is 1.64. The Labute approximate surface area is 199 Å². The molecule has 4 aromatic rings. The van der Waals surface area contributed by atoms with Crippen molar-refractivity contribution >= 4 is 64.7 Å². The van der Waals surface area contributed by atoms with E-state index < -0.39 is 10.0 Å². The summed E-state index contributed by atoms with van der Waals surface area (Å²) in [5, 5.41) is 3.75. The Bertz CT molecular complexity index is 1400. The molecule has 5 nitrogen and oxygen atoms in total. The van der Waals surface area contributed by atoms with Crippen molar-refractivity contribution in [3.8, 4) is 0 Å². The van der Waals surface area contributed by atoms with Gasteiger partial charge in [0.15, 0.2) is 0 Å². The molecule has 0 aliphatic carbocycles. The lowest BCUT2D eigenvalue weighted by Crippen LogP contribution is -2.30. The van der Waals surface area contributed by atoms with Gasteiger partial charge < -0.3 is 5.32 Å². The molecule has 1 amide bonds. The van der Waals surface area contributed by atoms with Crippen molar-refractivity contribution in [2.75, 3.05) is 16.2 Å². The Kier molecular flexibility index (Phi) is 6.37. The van der Waals surface area contributed by atoms with E-state index in [9.17, 15) is 13.2 Å². The number of fused-ring (bicyclic) bond motifs is 1. The molecule has 0 radical (unpaired) electrons. The van der Waals surface area contributed by atoms with E-state index in [4.69, 9.17) is 0 Å². The lowest BCUT2D eigenvalue weighted by atomic mass is 10.2. The van der Waals surface area contributed by atoms with E-state index in [0.717, 1.165) is 25.8 Å². The van der Waals surface area contributed by atoms with Crippen molar-refractivity contribution in [2.45, 2.75) is 18.7 Å². The first-order valence-corrected chi connectivity index (χ1v) is 13.0. The van der Waals surface area contributed by atoms with E-state index in [1.807, 2.05) is 43.3 Å². The second-order valence-corrected chi connectivity index (χ2v) is 11.1. The van der Waals surface area contributed by atoms with Gasteiger partial charge in [-0.05, 0) is 85.5 Å². The molecule has 0 aliphatic heterocycles. The molecule has 0 saturated carbocycles. The monoisotopic (exact) mass is 528 g/mol. The quantitative estimate of drug-likeness (QED) is 0.313. The molecular formula is C24H21BrN2O3S2. The largest absolute Gasteiger partial charge is 0.321 e. The summed E-state index contributed by atoms with van der Waals surface area (Å²) >= 11 is 4.71. The third kappa shape index (κ3) is 4.57. The SMILES string of the molecule is CCN(c1ccc2sc(C(=O)Nc3cccc(C)c3)cc2c1)S(=O)(=O)c1ccc(Br)cc1. The summed E-state index contributed by atoms with van der Waals surface area (Å²) < 4.78 is 29.5. The van der Waals surface area contributed by atoms with Crippen LogP contribution in [0.4, 0.5) is 11.4 Å². The van der Waals surface area contributed by atoms with Crippen LogP contribution in [0.5, 0.6) is 0 Å². The minimum atomic E-state index is -3.71. The summed E-state index contributed by atoms with van der Waals surface area (Å²) in [5.74, 6) is -0.187. The standard InChI is InChI=1S/C24H21BrN2O3S2/c1-3-27(32(29,30)21-10-7-18(25)8-11-21)20-9-12-22-17(14-20)15-23(31-22)24(28)26-19-6-4-5-16(2)13-19/h4-15H,3H2,1-2H3,(H,26,28). The van der Waals surface area contributed by atoms with Crippen LogP contribution >= 0.6 is 27.3 Å². The molecule has 1 aromatic heterocycles. The lowest BCUT2D eigenvalue weighted by molar-refractivity contribution is 0.103. The number of hydrogen-bond donors (Lipinski definition) is 1.